The van der Waals surface area contributed by atoms with E-state index in [2.05, 4.69) is 4.98 Å². The van der Waals surface area contributed by atoms with E-state index >= 15 is 0 Å². The summed E-state index contributed by atoms with van der Waals surface area (Å²) in [5, 5.41) is 9.46. The highest BCUT2D eigenvalue weighted by Gasteiger charge is 1.99. The van der Waals surface area contributed by atoms with Gasteiger partial charge in [-0.05, 0) is 35.4 Å². The molecule has 86 valence electrons. The van der Waals surface area contributed by atoms with E-state index in [1.54, 1.807) is 24.5 Å². The summed E-state index contributed by atoms with van der Waals surface area (Å²) in [6, 6.07) is 9.08. The Labute approximate surface area is 100 Å². The van der Waals surface area contributed by atoms with Gasteiger partial charge >= 0.3 is 0 Å². The molecule has 1 N–H and O–H groups in total. The normalized spacial score (nSPS) is 10.6. The van der Waals surface area contributed by atoms with Crippen LogP contribution in [0.1, 0.15) is 11.1 Å². The number of aromatic nitrogens is 1. The first-order chi connectivity index (χ1) is 8.29. The van der Waals surface area contributed by atoms with Crippen molar-refractivity contribution in [1.82, 2.24) is 4.98 Å². The largest absolute Gasteiger partial charge is 0.504 e. The predicted octanol–water partition coefficient (Wildman–Crippen LogP) is 2.97. The zero-order valence-corrected chi connectivity index (χ0v) is 9.50. The highest BCUT2D eigenvalue weighted by molar-refractivity contribution is 5.70. The number of hydrogen-bond donors (Lipinski definition) is 1. The molecule has 0 amide bonds. The molecule has 0 unspecified atom stereocenters. The molecule has 0 radical (unpaired) electrons. The highest BCUT2D eigenvalue weighted by atomic mass is 16.5. The molecule has 0 fully saturated rings. The Kier molecular flexibility index (Phi) is 3.40. The smallest absolute Gasteiger partial charge is 0.161 e. The Bertz CT molecular complexity index is 521. The molecule has 1 heterocycles. The van der Waals surface area contributed by atoms with Crippen LogP contribution in [0.15, 0.2) is 42.7 Å². The van der Waals surface area contributed by atoms with Gasteiger partial charge in [0.25, 0.3) is 0 Å². The number of nitrogens with zero attached hydrogens (tertiary/aromatic N) is 1. The predicted molar refractivity (Wildman–Crippen MR) is 67.8 cm³/mol. The molecule has 0 saturated carbocycles. The number of phenols is 1. The van der Waals surface area contributed by atoms with Crippen LogP contribution in [-0.4, -0.2) is 17.2 Å². The summed E-state index contributed by atoms with van der Waals surface area (Å²) in [7, 11) is 1.53. The lowest BCUT2D eigenvalue weighted by atomic mass is 10.1. The number of aromatic hydroxyl groups is 1. The lowest BCUT2D eigenvalue weighted by molar-refractivity contribution is 0.373. The van der Waals surface area contributed by atoms with Crippen LogP contribution >= 0.6 is 0 Å². The minimum Gasteiger partial charge on any atom is -0.504 e. The molecule has 0 aliphatic heterocycles. The summed E-state index contributed by atoms with van der Waals surface area (Å²) in [4.78, 5) is 3.95. The summed E-state index contributed by atoms with van der Waals surface area (Å²) >= 11 is 0. The third-order valence-corrected chi connectivity index (χ3v) is 2.38. The van der Waals surface area contributed by atoms with Crippen LogP contribution in [-0.2, 0) is 0 Å². The molecule has 0 atom stereocenters. The van der Waals surface area contributed by atoms with Gasteiger partial charge in [0.15, 0.2) is 11.5 Å². The molecule has 2 aromatic rings. The molecular weight excluding hydrogens is 214 g/mol. The van der Waals surface area contributed by atoms with E-state index in [-0.39, 0.29) is 5.75 Å². The van der Waals surface area contributed by atoms with E-state index < -0.39 is 0 Å². The number of rotatable bonds is 3. The van der Waals surface area contributed by atoms with Gasteiger partial charge in [0, 0.05) is 12.4 Å². The first-order valence-corrected chi connectivity index (χ1v) is 5.25. The van der Waals surface area contributed by atoms with Gasteiger partial charge in [0.05, 0.1) is 7.11 Å². The maximum Gasteiger partial charge on any atom is 0.161 e. The number of ether oxygens (including phenoxy) is 1. The van der Waals surface area contributed by atoms with Gasteiger partial charge < -0.3 is 9.84 Å². The number of pyridine rings is 1. The van der Waals surface area contributed by atoms with Gasteiger partial charge in [-0.25, -0.2) is 0 Å². The molecule has 0 bridgehead atoms. The SMILES string of the molecule is COc1cc(/C=C/c2ccncc2)ccc1O. The summed E-state index contributed by atoms with van der Waals surface area (Å²) < 4.78 is 5.04. The zero-order chi connectivity index (χ0) is 12.1. The second-order valence-electron chi connectivity index (χ2n) is 3.55. The Morgan fingerprint density at radius 1 is 1.06 bits per heavy atom. The van der Waals surface area contributed by atoms with Crippen molar-refractivity contribution in [2.45, 2.75) is 0 Å². The van der Waals surface area contributed by atoms with Gasteiger partial charge in [0.2, 0.25) is 0 Å². The molecule has 0 aliphatic rings. The van der Waals surface area contributed by atoms with E-state index in [0.29, 0.717) is 5.75 Å². The molecule has 1 aromatic heterocycles. The van der Waals surface area contributed by atoms with Crippen LogP contribution in [0, 0.1) is 0 Å². The number of phenolic OH excluding ortho intramolecular Hbond substituents is 1. The van der Waals surface area contributed by atoms with Crippen molar-refractivity contribution in [1.29, 1.82) is 0 Å². The van der Waals surface area contributed by atoms with Crippen LogP contribution in [0.25, 0.3) is 12.2 Å². The molecule has 0 saturated heterocycles. The second-order valence-corrected chi connectivity index (χ2v) is 3.55. The first kappa shape index (κ1) is 11.2. The Morgan fingerprint density at radius 2 is 1.76 bits per heavy atom. The summed E-state index contributed by atoms with van der Waals surface area (Å²) in [6.45, 7) is 0. The average molecular weight is 227 g/mol. The van der Waals surface area contributed by atoms with Crippen LogP contribution in [0.4, 0.5) is 0 Å². The highest BCUT2D eigenvalue weighted by Crippen LogP contribution is 2.26. The lowest BCUT2D eigenvalue weighted by Crippen LogP contribution is -1.84. The molecule has 0 aliphatic carbocycles. The van der Waals surface area contributed by atoms with Crippen molar-refractivity contribution < 1.29 is 9.84 Å². The maximum atomic E-state index is 9.46. The van der Waals surface area contributed by atoms with Crippen molar-refractivity contribution in [2.24, 2.45) is 0 Å². The van der Waals surface area contributed by atoms with Crippen molar-refractivity contribution >= 4 is 12.2 Å². The molecule has 3 nitrogen and oxygen atoms in total. The van der Waals surface area contributed by atoms with Gasteiger partial charge in [-0.3, -0.25) is 4.98 Å². The quantitative estimate of drug-likeness (QED) is 0.876. The fraction of sp³-hybridized carbons (Fsp3) is 0.0714. The molecule has 17 heavy (non-hydrogen) atoms. The van der Waals surface area contributed by atoms with Crippen LogP contribution in [0.5, 0.6) is 11.5 Å². The fourth-order valence-electron chi connectivity index (χ4n) is 1.46. The van der Waals surface area contributed by atoms with Gasteiger partial charge in [-0.2, -0.15) is 0 Å². The maximum absolute atomic E-state index is 9.46. The van der Waals surface area contributed by atoms with E-state index in [9.17, 15) is 5.11 Å². The van der Waals surface area contributed by atoms with Crippen molar-refractivity contribution in [3.05, 3.63) is 53.9 Å². The van der Waals surface area contributed by atoms with Crippen molar-refractivity contribution in [3.63, 3.8) is 0 Å². The standard InChI is InChI=1S/C14H13NO2/c1-17-14-10-12(4-5-13(14)16)3-2-11-6-8-15-9-7-11/h2-10,16H,1H3/b3-2+. The first-order valence-electron chi connectivity index (χ1n) is 5.25. The van der Waals surface area contributed by atoms with Crippen LogP contribution < -0.4 is 4.74 Å². The molecule has 3 heteroatoms. The Hall–Kier alpha value is -2.29. The minimum absolute atomic E-state index is 0.147. The average Bonchev–Trinajstić information content (AvgIpc) is 2.39. The number of methoxy groups -OCH3 is 1. The minimum atomic E-state index is 0.147. The second kappa shape index (κ2) is 5.16. The third kappa shape index (κ3) is 2.84. The molecular formula is C14H13NO2. The Balaban J connectivity index is 2.22. The lowest BCUT2D eigenvalue weighted by Gasteiger charge is -2.03. The Morgan fingerprint density at radius 3 is 2.47 bits per heavy atom. The fourth-order valence-corrected chi connectivity index (χ4v) is 1.46. The van der Waals surface area contributed by atoms with Gasteiger partial charge in [-0.1, -0.05) is 18.2 Å². The van der Waals surface area contributed by atoms with E-state index in [1.165, 1.54) is 7.11 Å². The van der Waals surface area contributed by atoms with Gasteiger partial charge in [0.1, 0.15) is 0 Å². The topological polar surface area (TPSA) is 42.4 Å². The number of benzene rings is 1. The summed E-state index contributed by atoms with van der Waals surface area (Å²) in [5.41, 5.74) is 2.04. The third-order valence-electron chi connectivity index (χ3n) is 2.38. The van der Waals surface area contributed by atoms with Crippen molar-refractivity contribution in [2.75, 3.05) is 7.11 Å². The van der Waals surface area contributed by atoms with E-state index in [0.717, 1.165) is 11.1 Å². The summed E-state index contributed by atoms with van der Waals surface area (Å²) in [5.74, 6) is 0.621. The van der Waals surface area contributed by atoms with Crippen molar-refractivity contribution in [3.8, 4) is 11.5 Å². The zero-order valence-electron chi connectivity index (χ0n) is 9.50. The van der Waals surface area contributed by atoms with Crippen LogP contribution in [0.3, 0.4) is 0 Å². The van der Waals surface area contributed by atoms with E-state index in [1.807, 2.05) is 30.4 Å². The molecule has 2 rings (SSSR count). The van der Waals surface area contributed by atoms with E-state index in [4.69, 9.17) is 4.74 Å². The monoisotopic (exact) mass is 227 g/mol. The molecule has 0 spiro atoms. The molecule has 1 aromatic carbocycles. The van der Waals surface area contributed by atoms with Crippen LogP contribution in [0.2, 0.25) is 0 Å². The summed E-state index contributed by atoms with van der Waals surface area (Å²) in [6.07, 6.45) is 7.43. The van der Waals surface area contributed by atoms with Gasteiger partial charge in [-0.15, -0.1) is 0 Å². The number of hydrogen-bond acceptors (Lipinski definition) is 3.